The first-order valence-electron chi connectivity index (χ1n) is 8.70. The van der Waals surface area contributed by atoms with Crippen molar-refractivity contribution in [3.8, 4) is 0 Å². The quantitative estimate of drug-likeness (QED) is 0.471. The Hall–Kier alpha value is -2.09. The molecule has 4 amide bonds. The Kier molecular flexibility index (Phi) is 6.81. The highest BCUT2D eigenvalue weighted by molar-refractivity contribution is 7.14. The third-order valence-corrected chi connectivity index (χ3v) is 5.80. The van der Waals surface area contributed by atoms with Crippen molar-refractivity contribution in [2.75, 3.05) is 0 Å². The van der Waals surface area contributed by atoms with Gasteiger partial charge in [-0.3, -0.25) is 20.4 Å². The summed E-state index contributed by atoms with van der Waals surface area (Å²) in [6.45, 7) is 3.74. The lowest BCUT2D eigenvalue weighted by atomic mass is 9.99. The number of rotatable bonds is 5. The Morgan fingerprint density at radius 2 is 1.92 bits per heavy atom. The van der Waals surface area contributed by atoms with E-state index in [2.05, 4.69) is 16.2 Å². The lowest BCUT2D eigenvalue weighted by molar-refractivity contribution is -0.124. The van der Waals surface area contributed by atoms with Gasteiger partial charge in [0, 0.05) is 4.88 Å². The molecule has 7 nitrogen and oxygen atoms in total. The van der Waals surface area contributed by atoms with Crippen LogP contribution in [0.5, 0.6) is 0 Å². The van der Waals surface area contributed by atoms with Crippen molar-refractivity contribution in [3.05, 3.63) is 21.4 Å². The number of carbonyl (C=O) groups excluding carboxylic acids is 3. The molecule has 1 aliphatic rings. The minimum Gasteiger partial charge on any atom is -0.352 e. The molecule has 0 spiro atoms. The number of primary amides is 1. The molecular formula is C17H26N4O3S. The van der Waals surface area contributed by atoms with Crippen molar-refractivity contribution in [2.45, 2.75) is 58.4 Å². The second kappa shape index (κ2) is 8.84. The molecule has 1 heterocycles. The van der Waals surface area contributed by atoms with Gasteiger partial charge in [0.1, 0.15) is 6.04 Å². The van der Waals surface area contributed by atoms with E-state index in [1.54, 1.807) is 0 Å². The molecule has 1 aromatic rings. The van der Waals surface area contributed by atoms with Gasteiger partial charge in [0.2, 0.25) is 0 Å². The van der Waals surface area contributed by atoms with Gasteiger partial charge in [0.15, 0.2) is 0 Å². The van der Waals surface area contributed by atoms with E-state index in [0.29, 0.717) is 11.3 Å². The number of nitrogens with one attached hydrogen (secondary N) is 3. The number of thiophene rings is 1. The van der Waals surface area contributed by atoms with E-state index < -0.39 is 18.0 Å². The molecule has 0 bridgehead atoms. The summed E-state index contributed by atoms with van der Waals surface area (Å²) in [5.41, 5.74) is 11.2. The van der Waals surface area contributed by atoms with Crippen LogP contribution in [-0.2, 0) is 17.6 Å². The number of urea groups is 1. The summed E-state index contributed by atoms with van der Waals surface area (Å²) < 4.78 is 0. The molecule has 0 saturated carbocycles. The number of nitrogens with two attached hydrogens (primary N) is 1. The number of carbonyl (C=O) groups is 3. The molecule has 8 heteroatoms. The lowest BCUT2D eigenvalue weighted by Gasteiger charge is -2.22. The highest BCUT2D eigenvalue weighted by Crippen LogP contribution is 2.28. The molecule has 0 saturated heterocycles. The maximum atomic E-state index is 12.3. The molecule has 1 aliphatic carbocycles. The van der Waals surface area contributed by atoms with Crippen LogP contribution in [-0.4, -0.2) is 23.9 Å². The number of hydrogen-bond acceptors (Lipinski definition) is 4. The van der Waals surface area contributed by atoms with Gasteiger partial charge >= 0.3 is 6.03 Å². The van der Waals surface area contributed by atoms with E-state index in [4.69, 9.17) is 5.73 Å². The fourth-order valence-corrected chi connectivity index (χ4v) is 4.04. The van der Waals surface area contributed by atoms with Gasteiger partial charge in [-0.05, 0) is 43.2 Å². The van der Waals surface area contributed by atoms with E-state index in [1.165, 1.54) is 28.2 Å². The lowest BCUT2D eigenvalue weighted by Crippen LogP contribution is -2.55. The van der Waals surface area contributed by atoms with Gasteiger partial charge in [0.05, 0.1) is 4.88 Å². The SMILES string of the molecule is CC[C@H](C)[C@H](NC(N)=O)C(=O)NNC(=O)c1cc2c(s1)CCCCC2. The molecule has 0 radical (unpaired) electrons. The predicted molar refractivity (Wildman–Crippen MR) is 97.1 cm³/mol. The molecule has 138 valence electrons. The summed E-state index contributed by atoms with van der Waals surface area (Å²) in [6.07, 6.45) is 6.23. The van der Waals surface area contributed by atoms with Crippen molar-refractivity contribution >= 4 is 29.2 Å². The van der Waals surface area contributed by atoms with Crippen LogP contribution in [0.25, 0.3) is 0 Å². The summed E-state index contributed by atoms with van der Waals surface area (Å²) in [7, 11) is 0. The van der Waals surface area contributed by atoms with E-state index >= 15 is 0 Å². The highest BCUT2D eigenvalue weighted by Gasteiger charge is 2.26. The van der Waals surface area contributed by atoms with Gasteiger partial charge in [-0.1, -0.05) is 26.7 Å². The van der Waals surface area contributed by atoms with Gasteiger partial charge in [-0.2, -0.15) is 0 Å². The summed E-state index contributed by atoms with van der Waals surface area (Å²) in [4.78, 5) is 37.5. The minimum atomic E-state index is -0.789. The first-order chi connectivity index (χ1) is 11.9. The average molecular weight is 366 g/mol. The van der Waals surface area contributed by atoms with Crippen LogP contribution in [0.1, 0.15) is 59.6 Å². The maximum absolute atomic E-state index is 12.3. The van der Waals surface area contributed by atoms with E-state index in [-0.39, 0.29) is 11.8 Å². The van der Waals surface area contributed by atoms with E-state index in [9.17, 15) is 14.4 Å². The van der Waals surface area contributed by atoms with Crippen LogP contribution >= 0.6 is 11.3 Å². The zero-order chi connectivity index (χ0) is 18.4. The Morgan fingerprint density at radius 3 is 2.60 bits per heavy atom. The monoisotopic (exact) mass is 366 g/mol. The number of amides is 4. The van der Waals surface area contributed by atoms with Crippen LogP contribution in [0.15, 0.2) is 6.07 Å². The summed E-state index contributed by atoms with van der Waals surface area (Å²) in [5.74, 6) is -0.935. The van der Waals surface area contributed by atoms with Crippen molar-refractivity contribution in [3.63, 3.8) is 0 Å². The highest BCUT2D eigenvalue weighted by atomic mass is 32.1. The molecule has 2 atom stereocenters. The minimum absolute atomic E-state index is 0.109. The molecule has 1 aromatic heterocycles. The summed E-state index contributed by atoms with van der Waals surface area (Å²) in [5, 5.41) is 2.42. The zero-order valence-corrected chi connectivity index (χ0v) is 15.5. The number of hydrazine groups is 1. The Labute approximate surface area is 151 Å². The van der Waals surface area contributed by atoms with Gasteiger partial charge in [-0.15, -0.1) is 11.3 Å². The van der Waals surface area contributed by atoms with Crippen molar-refractivity contribution < 1.29 is 14.4 Å². The largest absolute Gasteiger partial charge is 0.352 e. The molecular weight excluding hydrogens is 340 g/mol. The number of fused-ring (bicyclic) bond motifs is 1. The van der Waals surface area contributed by atoms with Gasteiger partial charge < -0.3 is 11.1 Å². The third kappa shape index (κ3) is 5.19. The molecule has 2 rings (SSSR count). The van der Waals surface area contributed by atoms with Crippen LogP contribution < -0.4 is 21.9 Å². The molecule has 0 fully saturated rings. The number of aryl methyl sites for hydroxylation is 2. The van der Waals surface area contributed by atoms with Gasteiger partial charge in [-0.25, -0.2) is 4.79 Å². The van der Waals surface area contributed by atoms with Crippen LogP contribution in [0.3, 0.4) is 0 Å². The molecule has 0 aliphatic heterocycles. The van der Waals surface area contributed by atoms with Crippen LogP contribution in [0.4, 0.5) is 4.79 Å². The second-order valence-electron chi connectivity index (χ2n) is 6.43. The average Bonchev–Trinajstić information content (AvgIpc) is 2.87. The van der Waals surface area contributed by atoms with Crippen LogP contribution in [0.2, 0.25) is 0 Å². The van der Waals surface area contributed by atoms with Crippen molar-refractivity contribution in [1.82, 2.24) is 16.2 Å². The Balaban J connectivity index is 1.96. The molecule has 25 heavy (non-hydrogen) atoms. The third-order valence-electron chi connectivity index (χ3n) is 4.56. The first-order valence-corrected chi connectivity index (χ1v) is 9.51. The van der Waals surface area contributed by atoms with Crippen molar-refractivity contribution in [2.24, 2.45) is 11.7 Å². The zero-order valence-electron chi connectivity index (χ0n) is 14.7. The van der Waals surface area contributed by atoms with E-state index in [1.807, 2.05) is 19.9 Å². The molecule has 5 N–H and O–H groups in total. The Bertz CT molecular complexity index is 620. The Morgan fingerprint density at radius 1 is 1.20 bits per heavy atom. The maximum Gasteiger partial charge on any atom is 0.312 e. The second-order valence-corrected chi connectivity index (χ2v) is 7.57. The first kappa shape index (κ1) is 19.2. The standard InChI is InChI=1S/C17H26N4O3S/c1-3-10(2)14(19-17(18)24)16(23)21-20-15(22)13-9-11-7-5-4-6-8-12(11)25-13/h9-10,14H,3-8H2,1-2H3,(H,20,22)(H,21,23)(H3,18,19,24)/t10-,14-/m0/s1. The topological polar surface area (TPSA) is 113 Å². The van der Waals surface area contributed by atoms with Gasteiger partial charge in [0.25, 0.3) is 11.8 Å². The van der Waals surface area contributed by atoms with E-state index in [0.717, 1.165) is 25.7 Å². The smallest absolute Gasteiger partial charge is 0.312 e. The molecule has 0 aromatic carbocycles. The van der Waals surface area contributed by atoms with Crippen molar-refractivity contribution in [1.29, 1.82) is 0 Å². The normalized spacial score (nSPS) is 16.1. The fourth-order valence-electron chi connectivity index (χ4n) is 2.89. The predicted octanol–water partition coefficient (Wildman–Crippen LogP) is 1.86. The molecule has 0 unspecified atom stereocenters. The fraction of sp³-hybridized carbons (Fsp3) is 0.588. The summed E-state index contributed by atoms with van der Waals surface area (Å²) >= 11 is 1.49. The number of hydrogen-bond donors (Lipinski definition) is 4. The van der Waals surface area contributed by atoms with Crippen LogP contribution in [0, 0.1) is 5.92 Å². The summed E-state index contributed by atoms with van der Waals surface area (Å²) in [6, 6.07) is 0.359.